The predicted octanol–water partition coefficient (Wildman–Crippen LogP) is 1.88. The van der Waals surface area contributed by atoms with Crippen LogP contribution in [0, 0.1) is 0 Å². The molecule has 1 aromatic carbocycles. The number of rotatable bonds is 2. The van der Waals surface area contributed by atoms with Crippen LogP contribution >= 0.6 is 11.6 Å². The minimum absolute atomic E-state index is 0.211. The van der Waals surface area contributed by atoms with Crippen LogP contribution in [0.2, 0.25) is 5.02 Å². The molecule has 1 heterocycles. The van der Waals surface area contributed by atoms with Crippen molar-refractivity contribution in [1.29, 1.82) is 0 Å². The molecule has 0 radical (unpaired) electrons. The van der Waals surface area contributed by atoms with Crippen molar-refractivity contribution in [2.75, 3.05) is 18.8 Å². The zero-order valence-corrected chi connectivity index (χ0v) is 9.95. The number of likely N-dealkylation sites (tertiary alicyclic amines) is 1. The van der Waals surface area contributed by atoms with Gasteiger partial charge in [-0.3, -0.25) is 4.90 Å². The molecule has 1 aromatic rings. The van der Waals surface area contributed by atoms with Crippen molar-refractivity contribution in [3.8, 4) is 0 Å². The number of aliphatic hydroxyl groups excluding tert-OH is 1. The quantitative estimate of drug-likeness (QED) is 0.776. The Morgan fingerprint density at radius 3 is 3.00 bits per heavy atom. The van der Waals surface area contributed by atoms with E-state index >= 15 is 0 Å². The smallest absolute Gasteiger partial charge is 0.0667 e. The van der Waals surface area contributed by atoms with Gasteiger partial charge in [0.2, 0.25) is 0 Å². The highest BCUT2D eigenvalue weighted by Crippen LogP contribution is 2.24. The molecular formula is C12H17ClN2O. The molecule has 0 saturated carbocycles. The second-order valence-electron chi connectivity index (χ2n) is 4.34. The van der Waals surface area contributed by atoms with Crippen LogP contribution in [0.25, 0.3) is 0 Å². The van der Waals surface area contributed by atoms with E-state index in [2.05, 4.69) is 4.90 Å². The van der Waals surface area contributed by atoms with Crippen LogP contribution in [0.1, 0.15) is 18.4 Å². The maximum absolute atomic E-state index is 9.59. The monoisotopic (exact) mass is 240 g/mol. The van der Waals surface area contributed by atoms with Gasteiger partial charge in [-0.05, 0) is 31.5 Å². The number of hydrogen-bond donors (Lipinski definition) is 2. The molecule has 0 bridgehead atoms. The summed E-state index contributed by atoms with van der Waals surface area (Å²) in [4.78, 5) is 2.20. The second-order valence-corrected chi connectivity index (χ2v) is 4.75. The van der Waals surface area contributed by atoms with Crippen LogP contribution in [-0.2, 0) is 6.54 Å². The van der Waals surface area contributed by atoms with Gasteiger partial charge in [-0.2, -0.15) is 0 Å². The molecule has 2 rings (SSSR count). The van der Waals surface area contributed by atoms with E-state index in [4.69, 9.17) is 17.3 Å². The number of nitrogens with zero attached hydrogens (tertiary/aromatic N) is 1. The Hall–Kier alpha value is -0.770. The molecule has 0 aliphatic carbocycles. The number of β-amino-alcohol motifs (C(OH)–C–C–N with tert-alkyl or cyclic N) is 1. The summed E-state index contributed by atoms with van der Waals surface area (Å²) in [6.45, 7) is 2.44. The fourth-order valence-corrected chi connectivity index (χ4v) is 2.38. The van der Waals surface area contributed by atoms with Gasteiger partial charge in [0.25, 0.3) is 0 Å². The third kappa shape index (κ3) is 2.67. The number of benzene rings is 1. The van der Waals surface area contributed by atoms with Gasteiger partial charge in [-0.15, -0.1) is 0 Å². The lowest BCUT2D eigenvalue weighted by Crippen LogP contribution is -2.37. The number of halogens is 1. The number of anilines is 1. The molecule has 1 aliphatic rings. The van der Waals surface area contributed by atoms with Gasteiger partial charge in [0.05, 0.1) is 6.10 Å². The Bertz CT molecular complexity index is 350. The first-order chi connectivity index (χ1) is 7.66. The third-order valence-corrected chi connectivity index (χ3v) is 3.37. The third-order valence-electron chi connectivity index (χ3n) is 3.02. The van der Waals surface area contributed by atoms with Gasteiger partial charge in [-0.1, -0.05) is 17.7 Å². The van der Waals surface area contributed by atoms with E-state index in [9.17, 15) is 5.11 Å². The van der Waals surface area contributed by atoms with Gasteiger partial charge in [0.1, 0.15) is 0 Å². The Labute approximate surface area is 101 Å². The Morgan fingerprint density at radius 2 is 2.31 bits per heavy atom. The molecule has 0 spiro atoms. The molecule has 1 atom stereocenters. The summed E-state index contributed by atoms with van der Waals surface area (Å²) in [5.74, 6) is 0. The Kier molecular flexibility index (Phi) is 3.69. The van der Waals surface area contributed by atoms with E-state index < -0.39 is 0 Å². The van der Waals surface area contributed by atoms with Gasteiger partial charge in [-0.25, -0.2) is 0 Å². The van der Waals surface area contributed by atoms with Crippen LogP contribution in [0.3, 0.4) is 0 Å². The van der Waals surface area contributed by atoms with Crippen molar-refractivity contribution in [3.63, 3.8) is 0 Å². The fraction of sp³-hybridized carbons (Fsp3) is 0.500. The van der Waals surface area contributed by atoms with Crippen molar-refractivity contribution in [2.24, 2.45) is 0 Å². The first-order valence-corrected chi connectivity index (χ1v) is 5.98. The summed E-state index contributed by atoms with van der Waals surface area (Å²) in [5.41, 5.74) is 7.60. The van der Waals surface area contributed by atoms with Crippen molar-refractivity contribution in [3.05, 3.63) is 28.8 Å². The largest absolute Gasteiger partial charge is 0.398 e. The minimum atomic E-state index is -0.211. The van der Waals surface area contributed by atoms with Gasteiger partial charge < -0.3 is 10.8 Å². The maximum atomic E-state index is 9.59. The van der Waals surface area contributed by atoms with Gasteiger partial charge in [0, 0.05) is 29.4 Å². The lowest BCUT2D eigenvalue weighted by Gasteiger charge is -2.30. The molecule has 0 amide bonds. The maximum Gasteiger partial charge on any atom is 0.0667 e. The van der Waals surface area contributed by atoms with Crippen LogP contribution < -0.4 is 5.73 Å². The lowest BCUT2D eigenvalue weighted by molar-refractivity contribution is 0.0669. The van der Waals surface area contributed by atoms with Crippen molar-refractivity contribution < 1.29 is 5.11 Å². The summed E-state index contributed by atoms with van der Waals surface area (Å²) in [6.07, 6.45) is 1.72. The average Bonchev–Trinajstić information content (AvgIpc) is 2.24. The highest BCUT2D eigenvalue weighted by molar-refractivity contribution is 6.31. The minimum Gasteiger partial charge on any atom is -0.398 e. The number of nitrogen functional groups attached to an aromatic ring is 1. The van der Waals surface area contributed by atoms with Crippen molar-refractivity contribution in [1.82, 2.24) is 4.90 Å². The number of aliphatic hydroxyl groups is 1. The summed E-state index contributed by atoms with van der Waals surface area (Å²) < 4.78 is 0. The number of nitrogens with two attached hydrogens (primary N) is 1. The number of hydrogen-bond acceptors (Lipinski definition) is 3. The van der Waals surface area contributed by atoms with Crippen LogP contribution in [0.5, 0.6) is 0 Å². The molecule has 1 unspecified atom stereocenters. The molecule has 3 nitrogen and oxygen atoms in total. The normalized spacial score (nSPS) is 22.2. The SMILES string of the molecule is Nc1cccc(Cl)c1CN1CCCC(O)C1. The van der Waals surface area contributed by atoms with Gasteiger partial charge in [0.15, 0.2) is 0 Å². The van der Waals surface area contributed by atoms with E-state index in [1.54, 1.807) is 0 Å². The second kappa shape index (κ2) is 5.04. The molecule has 16 heavy (non-hydrogen) atoms. The van der Waals surface area contributed by atoms with E-state index in [1.165, 1.54) is 0 Å². The Balaban J connectivity index is 2.08. The van der Waals surface area contributed by atoms with E-state index in [1.807, 2.05) is 18.2 Å². The standard InChI is InChI=1S/C12H17ClN2O/c13-11-4-1-5-12(14)10(11)8-15-6-2-3-9(16)7-15/h1,4-5,9,16H,2-3,6-8,14H2. The first kappa shape index (κ1) is 11.7. The van der Waals surface area contributed by atoms with Crippen molar-refractivity contribution in [2.45, 2.75) is 25.5 Å². The summed E-state index contributed by atoms with van der Waals surface area (Å²) in [6, 6.07) is 5.57. The molecule has 3 N–H and O–H groups in total. The molecule has 88 valence electrons. The highest BCUT2D eigenvalue weighted by Gasteiger charge is 2.19. The van der Waals surface area contributed by atoms with E-state index in [0.717, 1.165) is 37.2 Å². The first-order valence-electron chi connectivity index (χ1n) is 5.60. The van der Waals surface area contributed by atoms with E-state index in [-0.39, 0.29) is 6.10 Å². The van der Waals surface area contributed by atoms with Crippen LogP contribution in [-0.4, -0.2) is 29.2 Å². The fourth-order valence-electron chi connectivity index (χ4n) is 2.14. The number of piperidine rings is 1. The zero-order chi connectivity index (χ0) is 11.5. The molecule has 1 saturated heterocycles. The average molecular weight is 241 g/mol. The Morgan fingerprint density at radius 1 is 1.50 bits per heavy atom. The van der Waals surface area contributed by atoms with Crippen molar-refractivity contribution >= 4 is 17.3 Å². The van der Waals surface area contributed by atoms with E-state index in [0.29, 0.717) is 11.6 Å². The molecule has 1 aliphatic heterocycles. The van der Waals surface area contributed by atoms with Gasteiger partial charge >= 0.3 is 0 Å². The summed E-state index contributed by atoms with van der Waals surface area (Å²) >= 11 is 6.12. The molecule has 0 aromatic heterocycles. The zero-order valence-electron chi connectivity index (χ0n) is 9.19. The summed E-state index contributed by atoms with van der Waals surface area (Å²) in [5, 5.41) is 10.3. The molecule has 4 heteroatoms. The predicted molar refractivity (Wildman–Crippen MR) is 66.4 cm³/mol. The highest BCUT2D eigenvalue weighted by atomic mass is 35.5. The van der Waals surface area contributed by atoms with Crippen LogP contribution in [0.4, 0.5) is 5.69 Å². The summed E-state index contributed by atoms with van der Waals surface area (Å²) in [7, 11) is 0. The van der Waals surface area contributed by atoms with Crippen LogP contribution in [0.15, 0.2) is 18.2 Å². The molecule has 1 fully saturated rings. The topological polar surface area (TPSA) is 49.5 Å². The molecular weight excluding hydrogens is 224 g/mol. The lowest BCUT2D eigenvalue weighted by atomic mass is 10.1.